The number of H-pyrrole nitrogens is 1. The lowest BCUT2D eigenvalue weighted by Crippen LogP contribution is -2.13. The zero-order valence-electron chi connectivity index (χ0n) is 10.7. The second kappa shape index (κ2) is 5.96. The maximum atomic E-state index is 11.9. The zero-order chi connectivity index (χ0) is 14.7. The average molecular weight is 338 g/mol. The van der Waals surface area contributed by atoms with Gasteiger partial charge < -0.3 is 4.98 Å². The van der Waals surface area contributed by atoms with Crippen molar-refractivity contribution in [1.82, 2.24) is 9.97 Å². The first kappa shape index (κ1) is 14.4. The van der Waals surface area contributed by atoms with Crippen LogP contribution in [0.4, 0.5) is 5.69 Å². The minimum Gasteiger partial charge on any atom is -0.306 e. The first-order valence-electron chi connectivity index (χ1n) is 6.06. The Morgan fingerprint density at radius 1 is 1.45 bits per heavy atom. The predicted octanol–water partition coefficient (Wildman–Crippen LogP) is 3.06. The van der Waals surface area contributed by atoms with E-state index in [2.05, 4.69) is 25.9 Å². The SMILES string of the molecule is CCCc1nc(-c2cccc([N+](=O)[O-])c2)[nH]c(=O)c1Br. The average Bonchev–Trinajstić information content (AvgIpc) is 2.44. The fourth-order valence-corrected chi connectivity index (χ4v) is 2.20. The van der Waals surface area contributed by atoms with E-state index in [4.69, 9.17) is 0 Å². The Hall–Kier alpha value is -2.02. The lowest BCUT2D eigenvalue weighted by atomic mass is 10.1. The number of non-ortho nitro benzene ring substituents is 1. The number of nitro benzene ring substituents is 1. The van der Waals surface area contributed by atoms with E-state index in [1.807, 2.05) is 6.92 Å². The topological polar surface area (TPSA) is 88.9 Å². The van der Waals surface area contributed by atoms with Crippen LogP contribution in [0.1, 0.15) is 19.0 Å². The zero-order valence-corrected chi connectivity index (χ0v) is 12.3. The van der Waals surface area contributed by atoms with Gasteiger partial charge in [-0.15, -0.1) is 0 Å². The van der Waals surface area contributed by atoms with Gasteiger partial charge in [0.2, 0.25) is 0 Å². The number of aromatic amines is 1. The van der Waals surface area contributed by atoms with Gasteiger partial charge in [-0.05, 0) is 22.4 Å². The Morgan fingerprint density at radius 3 is 2.85 bits per heavy atom. The fraction of sp³-hybridized carbons (Fsp3) is 0.231. The summed E-state index contributed by atoms with van der Waals surface area (Å²) in [6.07, 6.45) is 1.51. The summed E-state index contributed by atoms with van der Waals surface area (Å²) in [7, 11) is 0. The van der Waals surface area contributed by atoms with Crippen molar-refractivity contribution < 1.29 is 4.92 Å². The Morgan fingerprint density at radius 2 is 2.20 bits per heavy atom. The second-order valence-electron chi connectivity index (χ2n) is 4.23. The number of hydrogen-bond donors (Lipinski definition) is 1. The van der Waals surface area contributed by atoms with Crippen LogP contribution in [0.25, 0.3) is 11.4 Å². The molecule has 0 saturated carbocycles. The highest BCUT2D eigenvalue weighted by atomic mass is 79.9. The summed E-state index contributed by atoms with van der Waals surface area (Å²) in [6.45, 7) is 1.99. The lowest BCUT2D eigenvalue weighted by molar-refractivity contribution is -0.384. The summed E-state index contributed by atoms with van der Waals surface area (Å²) >= 11 is 3.21. The molecule has 0 aliphatic heterocycles. The van der Waals surface area contributed by atoms with E-state index in [1.54, 1.807) is 12.1 Å². The normalized spacial score (nSPS) is 10.5. The molecule has 0 amide bonds. The second-order valence-corrected chi connectivity index (χ2v) is 5.03. The fourth-order valence-electron chi connectivity index (χ4n) is 1.81. The molecule has 2 aromatic rings. The van der Waals surface area contributed by atoms with Crippen molar-refractivity contribution in [2.24, 2.45) is 0 Å². The molecule has 7 heteroatoms. The van der Waals surface area contributed by atoms with E-state index in [0.29, 0.717) is 28.0 Å². The van der Waals surface area contributed by atoms with Gasteiger partial charge in [-0.2, -0.15) is 0 Å². The molecule has 104 valence electrons. The number of nitro groups is 1. The van der Waals surface area contributed by atoms with Crippen LogP contribution in [0.15, 0.2) is 33.5 Å². The maximum absolute atomic E-state index is 11.9. The lowest BCUT2D eigenvalue weighted by Gasteiger charge is -2.06. The van der Waals surface area contributed by atoms with Crippen molar-refractivity contribution in [3.8, 4) is 11.4 Å². The number of nitrogens with zero attached hydrogens (tertiary/aromatic N) is 2. The maximum Gasteiger partial charge on any atom is 0.270 e. The molecule has 2 rings (SSSR count). The Bertz CT molecular complexity index is 712. The summed E-state index contributed by atoms with van der Waals surface area (Å²) in [5, 5.41) is 10.8. The molecule has 0 saturated heterocycles. The number of halogens is 1. The van der Waals surface area contributed by atoms with Gasteiger partial charge in [0.25, 0.3) is 11.2 Å². The number of nitrogens with one attached hydrogen (secondary N) is 1. The molecule has 0 atom stereocenters. The molecule has 6 nitrogen and oxygen atoms in total. The van der Waals surface area contributed by atoms with Gasteiger partial charge in [-0.1, -0.05) is 25.5 Å². The number of aromatic nitrogens is 2. The van der Waals surface area contributed by atoms with E-state index in [1.165, 1.54) is 12.1 Å². The van der Waals surface area contributed by atoms with E-state index >= 15 is 0 Å². The molecule has 1 N–H and O–H groups in total. The highest BCUT2D eigenvalue weighted by Gasteiger charge is 2.12. The van der Waals surface area contributed by atoms with Gasteiger partial charge in [0.1, 0.15) is 10.3 Å². The Labute approximate surface area is 123 Å². The summed E-state index contributed by atoms with van der Waals surface area (Å²) < 4.78 is 0.411. The van der Waals surface area contributed by atoms with Crippen LogP contribution in [0.5, 0.6) is 0 Å². The van der Waals surface area contributed by atoms with Crippen molar-refractivity contribution in [3.63, 3.8) is 0 Å². The third-order valence-electron chi connectivity index (χ3n) is 2.75. The van der Waals surface area contributed by atoms with Crippen molar-refractivity contribution >= 4 is 21.6 Å². The van der Waals surface area contributed by atoms with E-state index in [-0.39, 0.29) is 11.2 Å². The van der Waals surface area contributed by atoms with Crippen molar-refractivity contribution in [3.05, 3.63) is 54.9 Å². The van der Waals surface area contributed by atoms with Crippen LogP contribution in [0, 0.1) is 10.1 Å². The number of hydrogen-bond acceptors (Lipinski definition) is 4. The molecule has 1 aromatic carbocycles. The quantitative estimate of drug-likeness (QED) is 0.685. The van der Waals surface area contributed by atoms with Crippen LogP contribution in [0.2, 0.25) is 0 Å². The number of aryl methyl sites for hydroxylation is 1. The monoisotopic (exact) mass is 337 g/mol. The largest absolute Gasteiger partial charge is 0.306 e. The first-order valence-corrected chi connectivity index (χ1v) is 6.85. The molecule has 1 heterocycles. The smallest absolute Gasteiger partial charge is 0.270 e. The van der Waals surface area contributed by atoms with Crippen LogP contribution in [0.3, 0.4) is 0 Å². The van der Waals surface area contributed by atoms with Crippen LogP contribution < -0.4 is 5.56 Å². The van der Waals surface area contributed by atoms with E-state index in [9.17, 15) is 14.9 Å². The molecule has 0 radical (unpaired) electrons. The molecule has 20 heavy (non-hydrogen) atoms. The molecular formula is C13H12BrN3O3. The van der Waals surface area contributed by atoms with E-state index in [0.717, 1.165) is 6.42 Å². The highest BCUT2D eigenvalue weighted by molar-refractivity contribution is 9.10. The molecule has 0 bridgehead atoms. The molecule has 1 aromatic heterocycles. The van der Waals surface area contributed by atoms with Gasteiger partial charge >= 0.3 is 0 Å². The van der Waals surface area contributed by atoms with Crippen LogP contribution >= 0.6 is 15.9 Å². The summed E-state index contributed by atoms with van der Waals surface area (Å²) in [6, 6.07) is 6.03. The minimum absolute atomic E-state index is 0.0369. The number of rotatable bonds is 4. The van der Waals surface area contributed by atoms with Gasteiger partial charge in [0.15, 0.2) is 0 Å². The Kier molecular flexibility index (Phi) is 4.29. The molecular weight excluding hydrogens is 326 g/mol. The third kappa shape index (κ3) is 2.93. The molecule has 0 fully saturated rings. The van der Waals surface area contributed by atoms with Gasteiger partial charge in [-0.3, -0.25) is 14.9 Å². The molecule has 0 aliphatic carbocycles. The van der Waals surface area contributed by atoms with E-state index < -0.39 is 4.92 Å². The standard InChI is InChI=1S/C13H12BrN3O3/c1-2-4-10-11(14)13(18)16-12(15-10)8-5-3-6-9(7-8)17(19)20/h3,5-7H,2,4H2,1H3,(H,15,16,18). The third-order valence-corrected chi connectivity index (χ3v) is 3.57. The van der Waals surface area contributed by atoms with Crippen molar-refractivity contribution in [2.45, 2.75) is 19.8 Å². The number of benzene rings is 1. The Balaban J connectivity index is 2.55. The van der Waals surface area contributed by atoms with Gasteiger partial charge in [0.05, 0.1) is 10.6 Å². The first-order chi connectivity index (χ1) is 9.52. The summed E-state index contributed by atoms with van der Waals surface area (Å²) in [5.41, 5.74) is 0.842. The van der Waals surface area contributed by atoms with Crippen LogP contribution in [-0.2, 0) is 6.42 Å². The molecule has 0 spiro atoms. The van der Waals surface area contributed by atoms with Crippen LogP contribution in [-0.4, -0.2) is 14.9 Å². The highest BCUT2D eigenvalue weighted by Crippen LogP contribution is 2.22. The minimum atomic E-state index is -0.479. The molecule has 0 unspecified atom stereocenters. The predicted molar refractivity (Wildman–Crippen MR) is 78.6 cm³/mol. The summed E-state index contributed by atoms with van der Waals surface area (Å²) in [5.74, 6) is 0.338. The summed E-state index contributed by atoms with van der Waals surface area (Å²) in [4.78, 5) is 29.1. The van der Waals surface area contributed by atoms with Gasteiger partial charge in [0, 0.05) is 17.7 Å². The molecule has 0 aliphatic rings. The van der Waals surface area contributed by atoms with Crippen molar-refractivity contribution in [2.75, 3.05) is 0 Å². The van der Waals surface area contributed by atoms with Gasteiger partial charge in [-0.25, -0.2) is 4.98 Å². The van der Waals surface area contributed by atoms with Crippen molar-refractivity contribution in [1.29, 1.82) is 0 Å².